The van der Waals surface area contributed by atoms with Crippen LogP contribution in [0.25, 0.3) is 10.9 Å². The zero-order valence-corrected chi connectivity index (χ0v) is 14.0. The first-order valence-corrected chi connectivity index (χ1v) is 8.31. The smallest absolute Gasteiger partial charge is 0.337 e. The summed E-state index contributed by atoms with van der Waals surface area (Å²) in [5.74, 6) is -0.237. The van der Waals surface area contributed by atoms with Crippen molar-refractivity contribution in [3.63, 3.8) is 0 Å². The molecule has 0 radical (unpaired) electrons. The topological polar surface area (TPSA) is 83.6 Å². The van der Waals surface area contributed by atoms with Crippen molar-refractivity contribution in [2.24, 2.45) is 0 Å². The summed E-state index contributed by atoms with van der Waals surface area (Å²) < 4.78 is 10.4. The number of ether oxygens (including phenoxy) is 2. The fraction of sp³-hybridized carbons (Fsp3) is 0.150. The van der Waals surface area contributed by atoms with E-state index in [1.807, 2.05) is 30.5 Å². The van der Waals surface area contributed by atoms with Gasteiger partial charge < -0.3 is 24.9 Å². The molecule has 2 aliphatic heterocycles. The maximum atomic E-state index is 12.5. The maximum absolute atomic E-state index is 12.5. The van der Waals surface area contributed by atoms with Gasteiger partial charge in [0.2, 0.25) is 0 Å². The lowest BCUT2D eigenvalue weighted by atomic mass is 9.80. The summed E-state index contributed by atoms with van der Waals surface area (Å²) in [7, 11) is 1.51. The summed E-state index contributed by atoms with van der Waals surface area (Å²) in [5, 5.41) is 14.7. The molecular weight excluding hydrogens is 332 g/mol. The molecule has 6 heteroatoms. The van der Waals surface area contributed by atoms with Crippen LogP contribution < -0.4 is 10.1 Å². The first-order chi connectivity index (χ1) is 12.7. The van der Waals surface area contributed by atoms with Crippen molar-refractivity contribution in [3.8, 4) is 11.5 Å². The van der Waals surface area contributed by atoms with Crippen LogP contribution in [0.1, 0.15) is 17.0 Å². The minimum Gasteiger partial charge on any atom is -0.504 e. The first kappa shape index (κ1) is 14.9. The zero-order valence-electron chi connectivity index (χ0n) is 14.0. The summed E-state index contributed by atoms with van der Waals surface area (Å²) in [4.78, 5) is 15.7. The number of hydrogen-bond donors (Lipinski definition) is 3. The molecule has 1 unspecified atom stereocenters. The van der Waals surface area contributed by atoms with E-state index in [2.05, 4.69) is 10.3 Å². The average molecular weight is 348 g/mol. The van der Waals surface area contributed by atoms with E-state index in [1.54, 1.807) is 12.1 Å². The molecule has 0 aliphatic carbocycles. The third-order valence-electron chi connectivity index (χ3n) is 5.06. The predicted octanol–water partition coefficient (Wildman–Crippen LogP) is 3.25. The number of aromatic nitrogens is 1. The molecule has 0 spiro atoms. The fourth-order valence-corrected chi connectivity index (χ4v) is 3.90. The SMILES string of the molecule is COc1ccc(C2C3=C(COC3=O)Nc3ccc4cc[nH]c4c32)cc1O. The van der Waals surface area contributed by atoms with Crippen molar-refractivity contribution < 1.29 is 19.4 Å². The Morgan fingerprint density at radius 3 is 2.92 bits per heavy atom. The van der Waals surface area contributed by atoms with Crippen LogP contribution in [0.2, 0.25) is 0 Å². The van der Waals surface area contributed by atoms with E-state index in [0.29, 0.717) is 11.3 Å². The molecule has 130 valence electrons. The molecule has 3 N–H and O–H groups in total. The Balaban J connectivity index is 1.80. The molecule has 5 rings (SSSR count). The molecule has 0 bridgehead atoms. The lowest BCUT2D eigenvalue weighted by molar-refractivity contribution is -0.136. The van der Waals surface area contributed by atoms with Gasteiger partial charge in [0, 0.05) is 23.4 Å². The van der Waals surface area contributed by atoms with Gasteiger partial charge in [-0.2, -0.15) is 0 Å². The van der Waals surface area contributed by atoms with Crippen LogP contribution in [0, 0.1) is 0 Å². The van der Waals surface area contributed by atoms with Gasteiger partial charge in [0.05, 0.1) is 23.9 Å². The number of phenols is 1. The number of nitrogens with one attached hydrogen (secondary N) is 2. The van der Waals surface area contributed by atoms with E-state index < -0.39 is 0 Å². The molecule has 2 aromatic carbocycles. The maximum Gasteiger partial charge on any atom is 0.337 e. The number of benzene rings is 2. The number of anilines is 1. The van der Waals surface area contributed by atoms with E-state index in [0.717, 1.165) is 33.4 Å². The highest BCUT2D eigenvalue weighted by molar-refractivity contribution is 6.00. The Morgan fingerprint density at radius 2 is 2.12 bits per heavy atom. The van der Waals surface area contributed by atoms with Crippen LogP contribution in [0.5, 0.6) is 11.5 Å². The van der Waals surface area contributed by atoms with Crippen LogP contribution in [0.15, 0.2) is 53.9 Å². The standard InChI is InChI=1S/C20H16N2O4/c1-25-15-5-3-11(8-14(15)23)16-17-12(4-2-10-6-7-21-19(10)17)22-13-9-26-20(24)18(13)16/h2-8,16,21-23H,9H2,1H3. The van der Waals surface area contributed by atoms with Gasteiger partial charge in [-0.15, -0.1) is 0 Å². The van der Waals surface area contributed by atoms with E-state index >= 15 is 0 Å². The van der Waals surface area contributed by atoms with Gasteiger partial charge in [-0.05, 0) is 35.2 Å². The monoisotopic (exact) mass is 348 g/mol. The molecule has 0 fully saturated rings. The van der Waals surface area contributed by atoms with Crippen LogP contribution in [-0.2, 0) is 9.53 Å². The number of hydrogen-bond acceptors (Lipinski definition) is 5. The largest absolute Gasteiger partial charge is 0.504 e. The normalized spacial score (nSPS) is 18.3. The van der Waals surface area contributed by atoms with Crippen molar-refractivity contribution in [1.82, 2.24) is 4.98 Å². The van der Waals surface area contributed by atoms with Crippen molar-refractivity contribution in [3.05, 3.63) is 65.0 Å². The first-order valence-electron chi connectivity index (χ1n) is 8.31. The number of methoxy groups -OCH3 is 1. The highest BCUT2D eigenvalue weighted by atomic mass is 16.5. The number of phenolic OH excluding ortho intramolecular Hbond substituents is 1. The highest BCUT2D eigenvalue weighted by Crippen LogP contribution is 2.47. The van der Waals surface area contributed by atoms with Gasteiger partial charge in [0.1, 0.15) is 6.61 Å². The molecule has 6 nitrogen and oxygen atoms in total. The Kier molecular flexibility index (Phi) is 3.03. The number of carbonyl (C=O) groups is 1. The third kappa shape index (κ3) is 1.95. The van der Waals surface area contributed by atoms with Crippen molar-refractivity contribution in [2.75, 3.05) is 19.0 Å². The molecule has 2 aliphatic rings. The molecule has 0 saturated carbocycles. The molecule has 3 heterocycles. The Hall–Kier alpha value is -3.41. The van der Waals surface area contributed by atoms with E-state index in [9.17, 15) is 9.90 Å². The van der Waals surface area contributed by atoms with Gasteiger partial charge in [0.25, 0.3) is 0 Å². The number of esters is 1. The van der Waals surface area contributed by atoms with Gasteiger partial charge in [-0.25, -0.2) is 4.79 Å². The number of H-pyrrole nitrogens is 1. The lowest BCUT2D eigenvalue weighted by Crippen LogP contribution is -2.20. The summed E-state index contributed by atoms with van der Waals surface area (Å²) in [6.07, 6.45) is 1.88. The molecule has 0 amide bonds. The third-order valence-corrected chi connectivity index (χ3v) is 5.06. The van der Waals surface area contributed by atoms with Crippen molar-refractivity contribution >= 4 is 22.6 Å². The molecule has 26 heavy (non-hydrogen) atoms. The van der Waals surface area contributed by atoms with Crippen LogP contribution >= 0.6 is 0 Å². The van der Waals surface area contributed by atoms with Gasteiger partial charge >= 0.3 is 5.97 Å². The van der Waals surface area contributed by atoms with E-state index in [4.69, 9.17) is 9.47 Å². The zero-order chi connectivity index (χ0) is 17.8. The summed E-state index contributed by atoms with van der Waals surface area (Å²) in [6, 6.07) is 11.3. The minimum atomic E-state index is -0.338. The number of aromatic amines is 1. The molecule has 3 aromatic rings. The summed E-state index contributed by atoms with van der Waals surface area (Å²) in [5.41, 5.74) is 5.02. The lowest BCUT2D eigenvalue weighted by Gasteiger charge is -2.28. The Morgan fingerprint density at radius 1 is 1.23 bits per heavy atom. The summed E-state index contributed by atoms with van der Waals surface area (Å²) >= 11 is 0. The molecule has 0 saturated heterocycles. The van der Waals surface area contributed by atoms with Gasteiger partial charge in [0.15, 0.2) is 11.5 Å². The van der Waals surface area contributed by atoms with Crippen molar-refractivity contribution in [1.29, 1.82) is 0 Å². The quantitative estimate of drug-likeness (QED) is 0.619. The highest BCUT2D eigenvalue weighted by Gasteiger charge is 2.39. The number of fused-ring (bicyclic) bond motifs is 3. The van der Waals surface area contributed by atoms with Gasteiger partial charge in [-0.3, -0.25) is 0 Å². The average Bonchev–Trinajstić information content (AvgIpc) is 3.26. The van der Waals surface area contributed by atoms with Gasteiger partial charge in [-0.1, -0.05) is 12.1 Å². The predicted molar refractivity (Wildman–Crippen MR) is 96.4 cm³/mol. The second-order valence-electron chi connectivity index (χ2n) is 6.43. The van der Waals surface area contributed by atoms with E-state index in [1.165, 1.54) is 7.11 Å². The molecular formula is C20H16N2O4. The Bertz CT molecular complexity index is 1100. The number of cyclic esters (lactones) is 1. The van der Waals surface area contributed by atoms with E-state index in [-0.39, 0.29) is 24.2 Å². The minimum absolute atomic E-state index is 0.0391. The van der Waals surface area contributed by atoms with Crippen molar-refractivity contribution in [2.45, 2.75) is 5.92 Å². The second kappa shape index (κ2) is 5.29. The second-order valence-corrected chi connectivity index (χ2v) is 6.43. The molecule has 1 aromatic heterocycles. The number of rotatable bonds is 2. The summed E-state index contributed by atoms with van der Waals surface area (Å²) in [6.45, 7) is 0.231. The molecule has 1 atom stereocenters. The van der Waals surface area contributed by atoms with Crippen LogP contribution in [-0.4, -0.2) is 29.8 Å². The van der Waals surface area contributed by atoms with Crippen LogP contribution in [0.3, 0.4) is 0 Å². The number of aromatic hydroxyl groups is 1. The fourth-order valence-electron chi connectivity index (χ4n) is 3.90. The Labute approximate surface area is 149 Å². The number of carbonyl (C=O) groups excluding carboxylic acids is 1. The van der Waals surface area contributed by atoms with Crippen LogP contribution in [0.4, 0.5) is 5.69 Å².